The minimum atomic E-state index is -1.33. The molecule has 40 heavy (non-hydrogen) atoms. The Morgan fingerprint density at radius 3 is 2.42 bits per heavy atom. The largest absolute Gasteiger partial charge is 0.493 e. The number of carbonyl (C=O) groups is 1. The van der Waals surface area contributed by atoms with E-state index in [1.807, 2.05) is 77.6 Å². The first-order valence-corrected chi connectivity index (χ1v) is 13.9. The second-order valence-corrected chi connectivity index (χ2v) is 10.6. The Hall–Kier alpha value is -3.18. The highest BCUT2D eigenvalue weighted by molar-refractivity contribution is 6.02. The number of benzene rings is 2. The van der Waals surface area contributed by atoms with Crippen LogP contribution in [0.4, 0.5) is 0 Å². The van der Waals surface area contributed by atoms with Crippen LogP contribution in [0.2, 0.25) is 0 Å². The van der Waals surface area contributed by atoms with Crippen LogP contribution in [0.15, 0.2) is 47.6 Å². The summed E-state index contributed by atoms with van der Waals surface area (Å²) in [6, 6.07) is 13.5. The number of methoxy groups -OCH3 is 1. The molecule has 1 atom stereocenters. The van der Waals surface area contributed by atoms with Gasteiger partial charge >= 0.3 is 0 Å². The molecular weight excluding hydrogens is 508 g/mol. The van der Waals surface area contributed by atoms with Crippen LogP contribution in [0, 0.1) is 0 Å². The molecule has 3 rings (SSSR count). The van der Waals surface area contributed by atoms with Crippen LogP contribution in [-0.2, 0) is 11.2 Å². The normalized spacial score (nSPS) is 15.1. The molecule has 2 aromatic carbocycles. The van der Waals surface area contributed by atoms with Crippen molar-refractivity contribution in [1.29, 1.82) is 0 Å². The first-order chi connectivity index (χ1) is 19.1. The summed E-state index contributed by atoms with van der Waals surface area (Å²) in [6.45, 7) is 5.69. The standard InChI is InChI=1S/C30H46N6O4/c1-7-39-28-21-24(12-15-27(28)38-6)26-9-8-17-36(33-26)29(37)30(31,32-16-18-34(2)3)22-23-10-13-25(14-11-23)40-20-19-35(4)5/h10-15,21,32H,7-9,16-20,22,31H2,1-6H3/t30-/m0/s1. The molecule has 1 heterocycles. The number of hydrogen-bond acceptors (Lipinski definition) is 9. The van der Waals surface area contributed by atoms with Gasteiger partial charge < -0.3 is 29.7 Å². The maximum absolute atomic E-state index is 14.0. The lowest BCUT2D eigenvalue weighted by Crippen LogP contribution is -2.66. The van der Waals surface area contributed by atoms with E-state index in [9.17, 15) is 4.79 Å². The van der Waals surface area contributed by atoms with Gasteiger partial charge in [-0.25, -0.2) is 5.01 Å². The fourth-order valence-electron chi connectivity index (χ4n) is 4.43. The average molecular weight is 555 g/mol. The second kappa shape index (κ2) is 15.0. The van der Waals surface area contributed by atoms with Crippen LogP contribution in [0.3, 0.4) is 0 Å². The van der Waals surface area contributed by atoms with Crippen molar-refractivity contribution in [2.24, 2.45) is 10.8 Å². The maximum atomic E-state index is 14.0. The number of hydrazone groups is 1. The number of carbonyl (C=O) groups excluding carboxylic acids is 1. The number of nitrogens with zero attached hydrogens (tertiary/aromatic N) is 4. The van der Waals surface area contributed by atoms with Crippen molar-refractivity contribution in [2.45, 2.75) is 31.8 Å². The van der Waals surface area contributed by atoms with Crippen LogP contribution in [-0.4, -0.2) is 107 Å². The molecule has 0 aromatic heterocycles. The van der Waals surface area contributed by atoms with E-state index in [0.717, 1.165) is 48.5 Å². The molecule has 0 saturated heterocycles. The number of amides is 1. The van der Waals surface area contributed by atoms with Gasteiger partial charge in [0.05, 0.1) is 19.4 Å². The number of likely N-dealkylation sites (N-methyl/N-ethyl adjacent to an activating group) is 2. The highest BCUT2D eigenvalue weighted by Crippen LogP contribution is 2.30. The molecule has 2 aromatic rings. The van der Waals surface area contributed by atoms with Crippen molar-refractivity contribution in [1.82, 2.24) is 20.1 Å². The average Bonchev–Trinajstić information content (AvgIpc) is 2.93. The van der Waals surface area contributed by atoms with Crippen LogP contribution in [0.25, 0.3) is 0 Å². The highest BCUT2D eigenvalue weighted by atomic mass is 16.5. The summed E-state index contributed by atoms with van der Waals surface area (Å²) >= 11 is 0. The molecule has 220 valence electrons. The van der Waals surface area contributed by atoms with E-state index < -0.39 is 5.66 Å². The van der Waals surface area contributed by atoms with Crippen molar-refractivity contribution >= 4 is 11.6 Å². The molecule has 1 amide bonds. The number of nitrogens with two attached hydrogens (primary N) is 1. The van der Waals surface area contributed by atoms with Crippen LogP contribution < -0.4 is 25.3 Å². The van der Waals surface area contributed by atoms with Gasteiger partial charge in [-0.3, -0.25) is 10.1 Å². The van der Waals surface area contributed by atoms with Crippen molar-refractivity contribution in [2.75, 3.05) is 74.7 Å². The monoisotopic (exact) mass is 554 g/mol. The lowest BCUT2D eigenvalue weighted by molar-refractivity contribution is -0.138. The highest BCUT2D eigenvalue weighted by Gasteiger charge is 2.38. The topological polar surface area (TPSA) is 105 Å². The molecule has 3 N–H and O–H groups in total. The molecule has 0 bridgehead atoms. The SMILES string of the molecule is CCOc1cc(C2=NN(C(=O)[C@](N)(Cc3ccc(OCCN(C)C)cc3)NCCN(C)C)CCC2)ccc1OC. The maximum Gasteiger partial charge on any atom is 0.277 e. The number of ether oxygens (including phenoxy) is 3. The third-order valence-corrected chi connectivity index (χ3v) is 6.65. The van der Waals surface area contributed by atoms with Gasteiger partial charge in [-0.1, -0.05) is 12.1 Å². The summed E-state index contributed by atoms with van der Waals surface area (Å²) in [5.74, 6) is 1.85. The summed E-state index contributed by atoms with van der Waals surface area (Å²) in [6.07, 6.45) is 1.85. The van der Waals surface area contributed by atoms with Crippen LogP contribution in [0.5, 0.6) is 17.2 Å². The van der Waals surface area contributed by atoms with Crippen LogP contribution >= 0.6 is 0 Å². The van der Waals surface area contributed by atoms with Gasteiger partial charge in [-0.05, 0) is 83.9 Å². The predicted molar refractivity (Wildman–Crippen MR) is 159 cm³/mol. The Balaban J connectivity index is 1.81. The molecule has 10 heteroatoms. The van der Waals surface area contributed by atoms with Gasteiger partial charge in [0, 0.05) is 38.2 Å². The van der Waals surface area contributed by atoms with E-state index in [4.69, 9.17) is 25.0 Å². The first kappa shape index (κ1) is 31.3. The molecule has 1 aliphatic rings. The van der Waals surface area contributed by atoms with Gasteiger partial charge in [-0.2, -0.15) is 5.10 Å². The van der Waals surface area contributed by atoms with E-state index in [1.165, 1.54) is 5.01 Å². The zero-order valence-electron chi connectivity index (χ0n) is 24.9. The molecule has 0 spiro atoms. The quantitative estimate of drug-likeness (QED) is 0.324. The minimum absolute atomic E-state index is 0.256. The van der Waals surface area contributed by atoms with E-state index in [0.29, 0.717) is 44.2 Å². The number of hydrogen-bond donors (Lipinski definition) is 2. The lowest BCUT2D eigenvalue weighted by Gasteiger charge is -2.35. The summed E-state index contributed by atoms with van der Waals surface area (Å²) in [4.78, 5) is 18.1. The lowest BCUT2D eigenvalue weighted by atomic mass is 9.98. The molecular formula is C30H46N6O4. The van der Waals surface area contributed by atoms with Crippen molar-refractivity contribution in [3.63, 3.8) is 0 Å². The predicted octanol–water partition coefficient (Wildman–Crippen LogP) is 2.41. The Bertz CT molecular complexity index is 1120. The molecule has 10 nitrogen and oxygen atoms in total. The summed E-state index contributed by atoms with van der Waals surface area (Å²) in [5, 5.41) is 9.62. The third-order valence-electron chi connectivity index (χ3n) is 6.65. The van der Waals surface area contributed by atoms with E-state index in [1.54, 1.807) is 7.11 Å². The molecule has 1 aliphatic heterocycles. The number of rotatable bonds is 15. The number of nitrogens with one attached hydrogen (secondary N) is 1. The van der Waals surface area contributed by atoms with Gasteiger partial charge in [0.1, 0.15) is 12.4 Å². The summed E-state index contributed by atoms with van der Waals surface area (Å²) in [7, 11) is 9.62. The molecule has 0 aliphatic carbocycles. The molecule has 0 fully saturated rings. The van der Waals surface area contributed by atoms with E-state index in [-0.39, 0.29) is 5.91 Å². The first-order valence-electron chi connectivity index (χ1n) is 13.9. The van der Waals surface area contributed by atoms with Gasteiger partial charge in [0.2, 0.25) is 0 Å². The summed E-state index contributed by atoms with van der Waals surface area (Å²) in [5.41, 5.74) is 8.19. The van der Waals surface area contributed by atoms with Crippen LogP contribution in [0.1, 0.15) is 30.9 Å². The van der Waals surface area contributed by atoms with E-state index >= 15 is 0 Å². The molecule has 0 unspecified atom stereocenters. The van der Waals surface area contributed by atoms with Crippen molar-refractivity contribution in [3.05, 3.63) is 53.6 Å². The Kier molecular flexibility index (Phi) is 11.8. The Morgan fingerprint density at radius 2 is 1.77 bits per heavy atom. The molecule has 0 radical (unpaired) electrons. The molecule has 0 saturated carbocycles. The van der Waals surface area contributed by atoms with E-state index in [2.05, 4.69) is 15.1 Å². The fraction of sp³-hybridized carbons (Fsp3) is 0.533. The smallest absolute Gasteiger partial charge is 0.277 e. The van der Waals surface area contributed by atoms with Gasteiger partial charge in [0.15, 0.2) is 17.2 Å². The van der Waals surface area contributed by atoms with Crippen molar-refractivity contribution in [3.8, 4) is 17.2 Å². The van der Waals surface area contributed by atoms with Crippen molar-refractivity contribution < 1.29 is 19.0 Å². The minimum Gasteiger partial charge on any atom is -0.493 e. The van der Waals surface area contributed by atoms with Gasteiger partial charge in [-0.15, -0.1) is 0 Å². The third kappa shape index (κ3) is 8.92. The Labute approximate surface area is 239 Å². The zero-order chi connectivity index (χ0) is 29.1. The zero-order valence-corrected chi connectivity index (χ0v) is 24.9. The Morgan fingerprint density at radius 1 is 1.05 bits per heavy atom. The fourth-order valence-corrected chi connectivity index (χ4v) is 4.43. The summed E-state index contributed by atoms with van der Waals surface area (Å²) < 4.78 is 17.0. The van der Waals surface area contributed by atoms with Gasteiger partial charge in [0.25, 0.3) is 5.91 Å². The second-order valence-electron chi connectivity index (χ2n) is 10.6.